The van der Waals surface area contributed by atoms with E-state index < -0.39 is 10.7 Å². The van der Waals surface area contributed by atoms with Crippen LogP contribution >= 0.6 is 0 Å². The second kappa shape index (κ2) is 3.60. The van der Waals surface area contributed by atoms with Gasteiger partial charge in [-0.05, 0) is 17.1 Å². The minimum absolute atomic E-state index is 0.128. The highest BCUT2D eigenvalue weighted by atomic mass is 16.6. The molecule has 0 aromatic carbocycles. The first-order valence-electron chi connectivity index (χ1n) is 3.66. The van der Waals surface area contributed by atoms with Gasteiger partial charge in [-0.15, -0.1) is 0 Å². The summed E-state index contributed by atoms with van der Waals surface area (Å²) in [5.41, 5.74) is 10.8. The van der Waals surface area contributed by atoms with Gasteiger partial charge in [-0.2, -0.15) is 0 Å². The molecule has 6 N–H and O–H groups in total. The van der Waals surface area contributed by atoms with Crippen molar-refractivity contribution in [1.29, 1.82) is 5.41 Å². The Morgan fingerprint density at radius 3 is 2.71 bits per heavy atom. The van der Waals surface area contributed by atoms with Gasteiger partial charge in [0.15, 0.2) is 0 Å². The summed E-state index contributed by atoms with van der Waals surface area (Å²) in [6.07, 6.45) is 4.49. The van der Waals surface area contributed by atoms with Gasteiger partial charge in [0, 0.05) is 0 Å². The molecule has 0 aliphatic carbocycles. The summed E-state index contributed by atoms with van der Waals surface area (Å²) in [5.74, 6) is -0.712. The topological polar surface area (TPSA) is 131 Å². The number of amidine groups is 1. The van der Waals surface area contributed by atoms with Gasteiger partial charge in [-0.1, -0.05) is 6.08 Å². The maximum atomic E-state index is 10.3. The average molecular weight is 195 g/mol. The third-order valence-corrected chi connectivity index (χ3v) is 1.56. The number of hydrogen-bond acceptors (Lipinski definition) is 5. The molecular formula is C7H9N5O2. The van der Waals surface area contributed by atoms with E-state index in [-0.39, 0.29) is 17.2 Å². The second-order valence-corrected chi connectivity index (χ2v) is 2.53. The molecule has 0 amide bonds. The molecule has 74 valence electrons. The molecule has 0 aromatic heterocycles. The smallest absolute Gasteiger partial charge is 0.337 e. The molecule has 0 saturated carbocycles. The molecule has 1 heterocycles. The molecule has 7 heteroatoms. The van der Waals surface area contributed by atoms with Gasteiger partial charge >= 0.3 is 5.82 Å². The van der Waals surface area contributed by atoms with E-state index in [9.17, 15) is 10.1 Å². The van der Waals surface area contributed by atoms with Gasteiger partial charge in [0.05, 0.1) is 5.70 Å². The van der Waals surface area contributed by atoms with E-state index >= 15 is 0 Å². The van der Waals surface area contributed by atoms with Crippen LogP contribution in [0.1, 0.15) is 0 Å². The van der Waals surface area contributed by atoms with Crippen LogP contribution in [0, 0.1) is 15.5 Å². The summed E-state index contributed by atoms with van der Waals surface area (Å²) in [5, 5.41) is 20.0. The Morgan fingerprint density at radius 1 is 1.57 bits per heavy atom. The second-order valence-electron chi connectivity index (χ2n) is 2.53. The van der Waals surface area contributed by atoms with Gasteiger partial charge < -0.3 is 21.2 Å². The Bertz CT molecular complexity index is 380. The van der Waals surface area contributed by atoms with Crippen LogP contribution in [0.25, 0.3) is 0 Å². The molecular weight excluding hydrogens is 186 g/mol. The van der Waals surface area contributed by atoms with Crippen molar-refractivity contribution in [1.82, 2.24) is 5.32 Å². The van der Waals surface area contributed by atoms with E-state index in [1.807, 2.05) is 0 Å². The van der Waals surface area contributed by atoms with Gasteiger partial charge in [0.25, 0.3) is 0 Å². The molecule has 7 nitrogen and oxygen atoms in total. The predicted octanol–water partition coefficient (Wildman–Crippen LogP) is -0.630. The Kier molecular flexibility index (Phi) is 2.52. The Morgan fingerprint density at radius 2 is 2.21 bits per heavy atom. The van der Waals surface area contributed by atoms with Crippen molar-refractivity contribution < 1.29 is 4.92 Å². The Balaban J connectivity index is 2.97. The van der Waals surface area contributed by atoms with Crippen LogP contribution in [0.4, 0.5) is 0 Å². The highest BCUT2D eigenvalue weighted by molar-refractivity contribution is 5.94. The lowest BCUT2D eigenvalue weighted by Crippen LogP contribution is -2.29. The van der Waals surface area contributed by atoms with Crippen molar-refractivity contribution in [2.45, 2.75) is 0 Å². The molecule has 0 fully saturated rings. The maximum absolute atomic E-state index is 10.3. The summed E-state index contributed by atoms with van der Waals surface area (Å²) in [6, 6.07) is 0. The summed E-state index contributed by atoms with van der Waals surface area (Å²) < 4.78 is 0. The zero-order valence-electron chi connectivity index (χ0n) is 7.15. The number of allylic oxidation sites excluding steroid dienone is 3. The van der Waals surface area contributed by atoms with Gasteiger partial charge in [0.1, 0.15) is 11.5 Å². The normalized spacial score (nSPS) is 18.1. The van der Waals surface area contributed by atoms with Crippen molar-refractivity contribution in [2.24, 2.45) is 11.5 Å². The number of nitrogens with one attached hydrogen (secondary N) is 2. The van der Waals surface area contributed by atoms with Crippen LogP contribution in [-0.4, -0.2) is 10.8 Å². The first-order valence-corrected chi connectivity index (χ1v) is 3.66. The fraction of sp³-hybridized carbons (Fsp3) is 0. The van der Waals surface area contributed by atoms with Crippen LogP contribution in [0.3, 0.4) is 0 Å². The fourth-order valence-electron chi connectivity index (χ4n) is 0.874. The van der Waals surface area contributed by atoms with E-state index in [2.05, 4.69) is 5.32 Å². The Hall–Kier alpha value is -2.31. The molecule has 0 radical (unpaired) electrons. The molecule has 1 aliphatic rings. The molecule has 0 aromatic rings. The van der Waals surface area contributed by atoms with E-state index in [0.29, 0.717) is 0 Å². The van der Waals surface area contributed by atoms with Gasteiger partial charge in [-0.25, -0.2) is 0 Å². The summed E-state index contributed by atoms with van der Waals surface area (Å²) in [7, 11) is 0. The first kappa shape index (κ1) is 9.78. The summed E-state index contributed by atoms with van der Waals surface area (Å²) in [4.78, 5) is 9.61. The van der Waals surface area contributed by atoms with Crippen molar-refractivity contribution in [3.8, 4) is 0 Å². The van der Waals surface area contributed by atoms with Gasteiger partial charge in [-0.3, -0.25) is 11.1 Å². The Labute approximate surface area is 79.4 Å². The predicted molar refractivity (Wildman–Crippen MR) is 50.5 cm³/mol. The standard InChI is InChI=1S/C7H9N5O2/c8-6(9)4-2-1-3-5(11-4)7(10)12(13)14/h1-3,11H,10H2,(H3,8,9). The maximum Gasteiger partial charge on any atom is 0.337 e. The summed E-state index contributed by atoms with van der Waals surface area (Å²) >= 11 is 0. The zero-order valence-corrected chi connectivity index (χ0v) is 7.15. The van der Waals surface area contributed by atoms with Crippen LogP contribution < -0.4 is 16.8 Å². The van der Waals surface area contributed by atoms with Crippen molar-refractivity contribution in [3.05, 3.63) is 45.6 Å². The molecule has 0 atom stereocenters. The molecule has 0 saturated heterocycles. The first-order chi connectivity index (χ1) is 6.52. The molecule has 1 rings (SSSR count). The van der Waals surface area contributed by atoms with Crippen molar-refractivity contribution in [2.75, 3.05) is 0 Å². The third-order valence-electron chi connectivity index (χ3n) is 1.56. The highest BCUT2D eigenvalue weighted by Crippen LogP contribution is 2.07. The fourth-order valence-corrected chi connectivity index (χ4v) is 0.874. The highest BCUT2D eigenvalue weighted by Gasteiger charge is 2.13. The van der Waals surface area contributed by atoms with Crippen LogP contribution in [-0.2, 0) is 0 Å². The van der Waals surface area contributed by atoms with Crippen LogP contribution in [0.5, 0.6) is 0 Å². The van der Waals surface area contributed by atoms with Crippen LogP contribution in [0.2, 0.25) is 0 Å². The molecule has 14 heavy (non-hydrogen) atoms. The third kappa shape index (κ3) is 1.89. The van der Waals surface area contributed by atoms with Gasteiger partial charge in [0.2, 0.25) is 0 Å². The number of rotatable bonds is 2. The van der Waals surface area contributed by atoms with Crippen LogP contribution in [0.15, 0.2) is 35.4 Å². The van der Waals surface area contributed by atoms with E-state index in [0.717, 1.165) is 0 Å². The van der Waals surface area contributed by atoms with E-state index in [1.54, 1.807) is 0 Å². The number of nitrogens with zero attached hydrogens (tertiary/aromatic N) is 1. The number of hydrogen-bond donors (Lipinski definition) is 4. The lowest BCUT2D eigenvalue weighted by Gasteiger charge is -2.12. The largest absolute Gasteiger partial charge is 0.382 e. The molecule has 0 bridgehead atoms. The SMILES string of the molecule is N=C(N)C1=CC=CC(=C(N)[N+](=O)[O-])N1. The number of dihydropyridines is 1. The average Bonchev–Trinajstić information content (AvgIpc) is 2.16. The number of nitro groups is 1. The van der Waals surface area contributed by atoms with Crippen molar-refractivity contribution >= 4 is 5.84 Å². The molecule has 0 spiro atoms. The van der Waals surface area contributed by atoms with E-state index in [4.69, 9.17) is 16.9 Å². The minimum Gasteiger partial charge on any atom is -0.382 e. The monoisotopic (exact) mass is 195 g/mol. The minimum atomic E-state index is -0.713. The quantitative estimate of drug-likeness (QED) is 0.201. The summed E-state index contributed by atoms with van der Waals surface area (Å²) in [6.45, 7) is 0. The lowest BCUT2D eigenvalue weighted by atomic mass is 10.2. The lowest BCUT2D eigenvalue weighted by molar-refractivity contribution is -0.427. The number of nitrogens with two attached hydrogens (primary N) is 2. The zero-order chi connectivity index (χ0) is 10.7. The molecule has 1 aliphatic heterocycles. The molecule has 0 unspecified atom stereocenters. The van der Waals surface area contributed by atoms with Crippen molar-refractivity contribution in [3.63, 3.8) is 0 Å². The van der Waals surface area contributed by atoms with E-state index in [1.165, 1.54) is 18.2 Å².